The van der Waals surface area contributed by atoms with Crippen molar-refractivity contribution >= 4 is 41.2 Å². The van der Waals surface area contributed by atoms with Gasteiger partial charge >= 0.3 is 0 Å². The van der Waals surface area contributed by atoms with Crippen LogP contribution in [0.3, 0.4) is 0 Å². The summed E-state index contributed by atoms with van der Waals surface area (Å²) in [6.45, 7) is 14.3. The topological polar surface area (TPSA) is 183 Å². The quantitative estimate of drug-likeness (QED) is 0.171. The molecule has 1 heterocycles. The number of carbonyl (C=O) groups is 7. The molecule has 0 aromatic rings. The molecule has 1 saturated heterocycles. The van der Waals surface area contributed by atoms with Crippen LogP contribution in [-0.4, -0.2) is 88.4 Å². The zero-order valence-electron chi connectivity index (χ0n) is 32.0. The molecule has 13 heteroatoms. The lowest BCUT2D eigenvalue weighted by molar-refractivity contribution is -0.149. The number of piperidine rings is 1. The van der Waals surface area contributed by atoms with Crippen LogP contribution in [0.1, 0.15) is 132 Å². The van der Waals surface area contributed by atoms with Crippen molar-refractivity contribution < 1.29 is 33.6 Å². The summed E-state index contributed by atoms with van der Waals surface area (Å²) < 4.78 is 0. The number of Topliss-reactive ketones (excluding diaryl/α,β-unsaturated/α-hetero) is 1. The molecule has 6 amide bonds. The Hall–Kier alpha value is -3.51. The maximum absolute atomic E-state index is 14.6. The zero-order chi connectivity index (χ0) is 37.8. The van der Waals surface area contributed by atoms with Crippen molar-refractivity contribution in [2.24, 2.45) is 22.7 Å². The maximum atomic E-state index is 14.6. The van der Waals surface area contributed by atoms with Gasteiger partial charge in [0.25, 0.3) is 5.91 Å². The molecule has 0 aromatic heterocycles. The van der Waals surface area contributed by atoms with Crippen molar-refractivity contribution in [3.63, 3.8) is 0 Å². The van der Waals surface area contributed by atoms with Crippen molar-refractivity contribution in [1.29, 1.82) is 0 Å². The van der Waals surface area contributed by atoms with Gasteiger partial charge in [-0.3, -0.25) is 33.6 Å². The Kier molecular flexibility index (Phi) is 13.0. The number of ketones is 1. The Morgan fingerprint density at radius 2 is 1.41 bits per heavy atom. The molecule has 4 fully saturated rings. The van der Waals surface area contributed by atoms with Gasteiger partial charge in [0.1, 0.15) is 24.2 Å². The van der Waals surface area contributed by atoms with Gasteiger partial charge in [-0.1, -0.05) is 74.1 Å². The van der Waals surface area contributed by atoms with E-state index in [1.807, 2.05) is 27.7 Å². The third kappa shape index (κ3) is 10.1. The smallest absolute Gasteiger partial charge is 0.289 e. The van der Waals surface area contributed by atoms with Crippen LogP contribution in [0.15, 0.2) is 0 Å². The first-order chi connectivity index (χ1) is 23.8. The number of amides is 6. The minimum atomic E-state index is -1.02. The number of hydrogen-bond donors (Lipinski definition) is 5. The lowest BCUT2D eigenvalue weighted by Crippen LogP contribution is -2.64. The first-order valence-corrected chi connectivity index (χ1v) is 19.2. The lowest BCUT2D eigenvalue weighted by Gasteiger charge is -2.41. The van der Waals surface area contributed by atoms with Crippen molar-refractivity contribution in [1.82, 2.24) is 31.5 Å². The van der Waals surface area contributed by atoms with Gasteiger partial charge in [-0.05, 0) is 75.5 Å². The Morgan fingerprint density at radius 1 is 0.765 bits per heavy atom. The Bertz CT molecular complexity index is 1340. The van der Waals surface area contributed by atoms with E-state index in [1.54, 1.807) is 32.6 Å². The highest BCUT2D eigenvalue weighted by molar-refractivity contribution is 6.38. The van der Waals surface area contributed by atoms with Gasteiger partial charge in [0.2, 0.25) is 35.3 Å². The van der Waals surface area contributed by atoms with Crippen molar-refractivity contribution in [3.05, 3.63) is 0 Å². The fourth-order valence-corrected chi connectivity index (χ4v) is 7.75. The number of fused-ring (bicyclic) bond motifs is 2. The van der Waals surface area contributed by atoms with Crippen LogP contribution in [-0.2, 0) is 33.6 Å². The lowest BCUT2D eigenvalue weighted by atomic mass is 9.81. The maximum Gasteiger partial charge on any atom is 0.289 e. The molecule has 2 unspecified atom stereocenters. The average Bonchev–Trinajstić information content (AvgIpc) is 3.63. The Labute approximate surface area is 303 Å². The molecule has 4 aliphatic rings. The molecule has 0 spiro atoms. The van der Waals surface area contributed by atoms with E-state index >= 15 is 0 Å². The van der Waals surface area contributed by atoms with Crippen molar-refractivity contribution in [2.75, 3.05) is 0 Å². The minimum Gasteiger partial charge on any atom is -0.347 e. The summed E-state index contributed by atoms with van der Waals surface area (Å²) in [6, 6.07) is -4.83. The van der Waals surface area contributed by atoms with E-state index in [-0.39, 0.29) is 35.7 Å². The molecule has 51 heavy (non-hydrogen) atoms. The summed E-state index contributed by atoms with van der Waals surface area (Å²) in [6.07, 6.45) is 9.01. The van der Waals surface area contributed by atoms with Crippen LogP contribution in [0.2, 0.25) is 0 Å². The van der Waals surface area contributed by atoms with E-state index in [1.165, 1.54) is 0 Å². The third-order valence-corrected chi connectivity index (χ3v) is 11.0. The number of likely N-dealkylation sites (tertiary alicyclic amines) is 1. The van der Waals surface area contributed by atoms with Gasteiger partial charge in [-0.25, -0.2) is 0 Å². The first-order valence-electron chi connectivity index (χ1n) is 19.2. The number of rotatable bonds is 14. The van der Waals surface area contributed by atoms with Crippen LogP contribution in [0, 0.1) is 22.7 Å². The third-order valence-electron chi connectivity index (χ3n) is 11.0. The van der Waals surface area contributed by atoms with Gasteiger partial charge in [0.05, 0.1) is 6.04 Å². The van der Waals surface area contributed by atoms with Crippen molar-refractivity contribution in [2.45, 2.75) is 175 Å². The minimum absolute atomic E-state index is 0.00594. The van der Waals surface area contributed by atoms with Crippen LogP contribution < -0.4 is 26.6 Å². The van der Waals surface area contributed by atoms with Crippen LogP contribution >= 0.6 is 0 Å². The number of hydrogen-bond acceptors (Lipinski definition) is 7. The number of nitrogens with one attached hydrogen (secondary N) is 5. The summed E-state index contributed by atoms with van der Waals surface area (Å²) in [5.74, 6) is -3.70. The largest absolute Gasteiger partial charge is 0.347 e. The standard InChI is InChI=1S/C38H62N6O7/c1-9-13-26(29(45)34(49)40-24-17-18-24)41-33(48)28-23-16-19-25(20-23)44(28)35(50)30(37(3,4)5)43-32(47)27(22-14-11-10-12-15-22)42-31(46)21(2)39-36(51)38(6,7)8/h21-28,30H,9-20H2,1-8H3,(H,39,51)(H,40,49)(H,41,48)(H,42,46)(H,43,47)/t21-,23?,25?,26-,27-,28-,30+/m0/s1. The molecule has 0 aromatic carbocycles. The van der Waals surface area contributed by atoms with E-state index in [0.717, 1.165) is 57.8 Å². The van der Waals surface area contributed by atoms with Gasteiger partial charge in [0, 0.05) is 17.5 Å². The molecular formula is C38H62N6O7. The highest BCUT2D eigenvalue weighted by Gasteiger charge is 2.54. The predicted octanol–water partition coefficient (Wildman–Crippen LogP) is 2.65. The molecule has 5 N–H and O–H groups in total. The van der Waals surface area contributed by atoms with E-state index in [4.69, 9.17) is 0 Å². The highest BCUT2D eigenvalue weighted by atomic mass is 16.2. The van der Waals surface area contributed by atoms with Crippen LogP contribution in [0.5, 0.6) is 0 Å². The molecule has 286 valence electrons. The van der Waals surface area contributed by atoms with E-state index in [0.29, 0.717) is 19.3 Å². The summed E-state index contributed by atoms with van der Waals surface area (Å²) >= 11 is 0. The number of nitrogens with zero attached hydrogens (tertiary/aromatic N) is 1. The second-order valence-corrected chi connectivity index (χ2v) is 17.5. The SMILES string of the molecule is CCC[C@H](NC(=O)[C@@H]1C2CCC(C2)N1C(=O)[C@@H](NC(=O)[C@@H](NC(=O)[C@H](C)NC(=O)C(C)(C)C)C1CCCCC1)C(C)(C)C)C(=O)C(=O)NC1CC1. The second kappa shape index (κ2) is 16.4. The molecule has 1 aliphatic heterocycles. The van der Waals surface area contributed by atoms with Gasteiger partial charge in [-0.15, -0.1) is 0 Å². The normalized spacial score (nSPS) is 24.5. The predicted molar refractivity (Wildman–Crippen MR) is 192 cm³/mol. The Morgan fingerprint density at radius 3 is 1.98 bits per heavy atom. The van der Waals surface area contributed by atoms with E-state index < -0.39 is 70.5 Å². The zero-order valence-corrected chi connectivity index (χ0v) is 32.0. The van der Waals surface area contributed by atoms with E-state index in [2.05, 4.69) is 26.6 Å². The molecule has 2 bridgehead atoms. The molecule has 4 rings (SSSR count). The summed E-state index contributed by atoms with van der Waals surface area (Å²) in [5.41, 5.74) is -1.46. The number of carbonyl (C=O) groups excluding carboxylic acids is 7. The molecule has 3 saturated carbocycles. The van der Waals surface area contributed by atoms with Crippen LogP contribution in [0.25, 0.3) is 0 Å². The van der Waals surface area contributed by atoms with Crippen molar-refractivity contribution in [3.8, 4) is 0 Å². The van der Waals surface area contributed by atoms with Crippen LogP contribution in [0.4, 0.5) is 0 Å². The molecule has 0 radical (unpaired) electrons. The average molecular weight is 715 g/mol. The fraction of sp³-hybridized carbons (Fsp3) is 0.816. The van der Waals surface area contributed by atoms with Gasteiger partial charge < -0.3 is 31.5 Å². The monoisotopic (exact) mass is 714 g/mol. The Balaban J connectivity index is 1.53. The summed E-state index contributed by atoms with van der Waals surface area (Å²) in [4.78, 5) is 96.1. The molecular weight excluding hydrogens is 652 g/mol. The molecule has 13 nitrogen and oxygen atoms in total. The van der Waals surface area contributed by atoms with Gasteiger partial charge in [0.15, 0.2) is 0 Å². The van der Waals surface area contributed by atoms with Gasteiger partial charge in [-0.2, -0.15) is 0 Å². The van der Waals surface area contributed by atoms with E-state index in [9.17, 15) is 33.6 Å². The first kappa shape index (κ1) is 40.3. The summed E-state index contributed by atoms with van der Waals surface area (Å²) in [5, 5.41) is 14.2. The molecule has 7 atom stereocenters. The molecule has 3 aliphatic carbocycles. The highest BCUT2D eigenvalue weighted by Crippen LogP contribution is 2.44. The fourth-order valence-electron chi connectivity index (χ4n) is 7.75. The second-order valence-electron chi connectivity index (χ2n) is 17.5. The summed E-state index contributed by atoms with van der Waals surface area (Å²) in [7, 11) is 0.